The highest BCUT2D eigenvalue weighted by Crippen LogP contribution is 2.44. The van der Waals surface area contributed by atoms with E-state index in [1.165, 1.54) is 0 Å². The van der Waals surface area contributed by atoms with Gasteiger partial charge in [0.15, 0.2) is 0 Å². The first kappa shape index (κ1) is 22.8. The van der Waals surface area contributed by atoms with Gasteiger partial charge in [-0.1, -0.05) is 62.4 Å². The lowest BCUT2D eigenvalue weighted by Crippen LogP contribution is -2.59. The lowest BCUT2D eigenvalue weighted by Gasteiger charge is -2.43. The number of benzene rings is 2. The molecule has 1 aliphatic carbocycles. The van der Waals surface area contributed by atoms with Gasteiger partial charge >= 0.3 is 12.1 Å². The predicted octanol–water partition coefficient (Wildman–Crippen LogP) is 3.87. The number of carboxylic acids is 1. The molecule has 2 aromatic carbocycles. The van der Waals surface area contributed by atoms with E-state index in [2.05, 4.69) is 29.6 Å². The molecule has 7 nitrogen and oxygen atoms in total. The minimum Gasteiger partial charge on any atom is -0.481 e. The van der Waals surface area contributed by atoms with Crippen molar-refractivity contribution in [2.75, 3.05) is 26.2 Å². The summed E-state index contributed by atoms with van der Waals surface area (Å²) in [5, 5.41) is 11.9. The number of ether oxygens (including phenoxy) is 1. The molecular weight excluding hydrogens is 420 g/mol. The molecule has 2 aliphatic rings. The highest BCUT2D eigenvalue weighted by molar-refractivity contribution is 5.86. The van der Waals surface area contributed by atoms with Gasteiger partial charge in [0.1, 0.15) is 6.61 Å². The summed E-state index contributed by atoms with van der Waals surface area (Å²) in [7, 11) is 0. The number of rotatable bonds is 8. The Balaban J connectivity index is 1.37. The average Bonchev–Trinajstić information content (AvgIpc) is 3.11. The van der Waals surface area contributed by atoms with E-state index in [0.29, 0.717) is 12.8 Å². The SMILES string of the molecule is CCC(CC)(CNC(=O)OCC1c2ccccc2-c2ccccc21)C(=O)N1CC(C(=O)O)C1. The third kappa shape index (κ3) is 4.19. The number of hydrogen-bond donors (Lipinski definition) is 2. The van der Waals surface area contributed by atoms with E-state index >= 15 is 0 Å². The van der Waals surface area contributed by atoms with Crippen molar-refractivity contribution in [1.29, 1.82) is 0 Å². The highest BCUT2D eigenvalue weighted by Gasteiger charge is 2.44. The van der Waals surface area contributed by atoms with Crippen molar-refractivity contribution in [2.24, 2.45) is 11.3 Å². The molecule has 4 rings (SSSR count). The molecule has 1 aliphatic heterocycles. The van der Waals surface area contributed by atoms with Gasteiger partial charge in [-0.15, -0.1) is 0 Å². The summed E-state index contributed by atoms with van der Waals surface area (Å²) in [4.78, 5) is 38.3. The van der Waals surface area contributed by atoms with E-state index in [4.69, 9.17) is 9.84 Å². The molecule has 2 aromatic rings. The lowest BCUT2D eigenvalue weighted by atomic mass is 9.79. The number of carbonyl (C=O) groups excluding carboxylic acids is 2. The van der Waals surface area contributed by atoms with Gasteiger partial charge in [0.05, 0.1) is 11.3 Å². The zero-order chi connectivity index (χ0) is 23.6. The van der Waals surface area contributed by atoms with E-state index < -0.39 is 23.4 Å². The second-order valence-corrected chi connectivity index (χ2v) is 8.91. The Hall–Kier alpha value is -3.35. The first-order chi connectivity index (χ1) is 15.9. The lowest BCUT2D eigenvalue weighted by molar-refractivity contribution is -0.158. The number of carboxylic acid groups (broad SMARTS) is 1. The Morgan fingerprint density at radius 2 is 1.55 bits per heavy atom. The highest BCUT2D eigenvalue weighted by atomic mass is 16.5. The maximum Gasteiger partial charge on any atom is 0.407 e. The maximum absolute atomic E-state index is 13.1. The summed E-state index contributed by atoms with van der Waals surface area (Å²) in [6, 6.07) is 16.3. The van der Waals surface area contributed by atoms with E-state index in [-0.39, 0.29) is 38.1 Å². The monoisotopic (exact) mass is 450 g/mol. The van der Waals surface area contributed by atoms with Gasteiger partial charge in [-0.3, -0.25) is 9.59 Å². The second-order valence-electron chi connectivity index (χ2n) is 8.91. The Bertz CT molecular complexity index is 1010. The summed E-state index contributed by atoms with van der Waals surface area (Å²) in [6.45, 7) is 4.64. The molecule has 0 saturated carbocycles. The second kappa shape index (κ2) is 9.25. The van der Waals surface area contributed by atoms with Gasteiger partial charge < -0.3 is 20.1 Å². The van der Waals surface area contributed by atoms with Crippen LogP contribution in [0.4, 0.5) is 4.79 Å². The normalized spacial score (nSPS) is 15.4. The summed E-state index contributed by atoms with van der Waals surface area (Å²) < 4.78 is 5.60. The van der Waals surface area contributed by atoms with Crippen LogP contribution in [-0.2, 0) is 14.3 Å². The van der Waals surface area contributed by atoms with Crippen LogP contribution in [0.15, 0.2) is 48.5 Å². The number of aliphatic carboxylic acids is 1. The summed E-state index contributed by atoms with van der Waals surface area (Å²) in [5.74, 6) is -1.52. The van der Waals surface area contributed by atoms with E-state index in [9.17, 15) is 14.4 Å². The fraction of sp³-hybridized carbons (Fsp3) is 0.423. The molecule has 0 spiro atoms. The van der Waals surface area contributed by atoms with Gasteiger partial charge in [0.25, 0.3) is 0 Å². The number of nitrogens with zero attached hydrogens (tertiary/aromatic N) is 1. The Morgan fingerprint density at radius 1 is 1.00 bits per heavy atom. The molecule has 2 amide bonds. The quantitative estimate of drug-likeness (QED) is 0.636. The van der Waals surface area contributed by atoms with Crippen molar-refractivity contribution < 1.29 is 24.2 Å². The average molecular weight is 451 g/mol. The smallest absolute Gasteiger partial charge is 0.407 e. The molecular formula is C26H30N2O5. The molecule has 0 radical (unpaired) electrons. The van der Waals surface area contributed by atoms with E-state index in [1.54, 1.807) is 4.90 Å². The van der Waals surface area contributed by atoms with Crippen LogP contribution in [0.5, 0.6) is 0 Å². The largest absolute Gasteiger partial charge is 0.481 e. The van der Waals surface area contributed by atoms with E-state index in [1.807, 2.05) is 38.1 Å². The number of nitrogens with one attached hydrogen (secondary N) is 1. The fourth-order valence-electron chi connectivity index (χ4n) is 4.90. The predicted molar refractivity (Wildman–Crippen MR) is 124 cm³/mol. The molecule has 0 atom stereocenters. The van der Waals surface area contributed by atoms with Crippen molar-refractivity contribution in [3.05, 3.63) is 59.7 Å². The molecule has 0 aromatic heterocycles. The fourth-order valence-corrected chi connectivity index (χ4v) is 4.90. The van der Waals surface area contributed by atoms with Crippen molar-refractivity contribution in [3.63, 3.8) is 0 Å². The number of fused-ring (bicyclic) bond motifs is 3. The number of amides is 2. The molecule has 33 heavy (non-hydrogen) atoms. The third-order valence-corrected chi connectivity index (χ3v) is 7.24. The molecule has 0 unspecified atom stereocenters. The van der Waals surface area contributed by atoms with Crippen LogP contribution in [0, 0.1) is 11.3 Å². The molecule has 1 saturated heterocycles. The van der Waals surface area contributed by atoms with Crippen LogP contribution in [-0.4, -0.2) is 54.2 Å². The number of likely N-dealkylation sites (tertiary alicyclic amines) is 1. The van der Waals surface area contributed by atoms with Gasteiger partial charge in [-0.25, -0.2) is 4.79 Å². The minimum atomic E-state index is -0.880. The molecule has 0 bridgehead atoms. The van der Waals surface area contributed by atoms with Gasteiger partial charge in [0, 0.05) is 25.6 Å². The molecule has 1 fully saturated rings. The van der Waals surface area contributed by atoms with Crippen LogP contribution in [0.1, 0.15) is 43.7 Å². The standard InChI is InChI=1S/C26H30N2O5/c1-3-26(4-2,24(31)28-13-17(14-28)23(29)30)16-27-25(32)33-15-22-20-11-7-5-9-18(20)19-10-6-8-12-21(19)22/h5-12,17,22H,3-4,13-16H2,1-2H3,(H,27,32)(H,29,30). The van der Waals surface area contributed by atoms with Crippen molar-refractivity contribution in [1.82, 2.24) is 10.2 Å². The zero-order valence-corrected chi connectivity index (χ0v) is 19.0. The minimum absolute atomic E-state index is 0.0269. The van der Waals surface area contributed by atoms with Crippen molar-refractivity contribution in [2.45, 2.75) is 32.6 Å². The van der Waals surface area contributed by atoms with Gasteiger partial charge in [-0.05, 0) is 35.1 Å². The first-order valence-corrected chi connectivity index (χ1v) is 11.5. The Kier molecular flexibility index (Phi) is 6.40. The Morgan fingerprint density at radius 3 is 2.06 bits per heavy atom. The van der Waals surface area contributed by atoms with Crippen LogP contribution in [0.2, 0.25) is 0 Å². The van der Waals surface area contributed by atoms with Crippen LogP contribution >= 0.6 is 0 Å². The summed E-state index contributed by atoms with van der Waals surface area (Å²) >= 11 is 0. The Labute approximate surface area is 193 Å². The van der Waals surface area contributed by atoms with Gasteiger partial charge in [0.2, 0.25) is 5.91 Å². The summed E-state index contributed by atoms with van der Waals surface area (Å²) in [6.07, 6.45) is 0.531. The van der Waals surface area contributed by atoms with Crippen LogP contribution in [0.25, 0.3) is 11.1 Å². The summed E-state index contributed by atoms with van der Waals surface area (Å²) in [5.41, 5.74) is 3.85. The molecule has 2 N–H and O–H groups in total. The molecule has 174 valence electrons. The van der Waals surface area contributed by atoms with Crippen LogP contribution in [0.3, 0.4) is 0 Å². The molecule has 1 heterocycles. The zero-order valence-electron chi connectivity index (χ0n) is 19.0. The van der Waals surface area contributed by atoms with Gasteiger partial charge in [-0.2, -0.15) is 0 Å². The number of hydrogen-bond acceptors (Lipinski definition) is 4. The van der Waals surface area contributed by atoms with Crippen molar-refractivity contribution >= 4 is 18.0 Å². The molecule has 7 heteroatoms. The van der Waals surface area contributed by atoms with E-state index in [0.717, 1.165) is 22.3 Å². The van der Waals surface area contributed by atoms with Crippen LogP contribution < -0.4 is 5.32 Å². The topological polar surface area (TPSA) is 95.9 Å². The van der Waals surface area contributed by atoms with Crippen molar-refractivity contribution in [3.8, 4) is 11.1 Å². The maximum atomic E-state index is 13.1. The number of carbonyl (C=O) groups is 3. The third-order valence-electron chi connectivity index (χ3n) is 7.24. The number of alkyl carbamates (subject to hydrolysis) is 1. The first-order valence-electron chi connectivity index (χ1n) is 11.5.